The molecular weight excluding hydrogens is 421 g/mol. The van der Waals surface area contributed by atoms with E-state index in [1.54, 1.807) is 0 Å². The van der Waals surface area contributed by atoms with Crippen LogP contribution in [0.3, 0.4) is 0 Å². The van der Waals surface area contributed by atoms with E-state index < -0.39 is 58.3 Å². The van der Waals surface area contributed by atoms with Crippen molar-refractivity contribution in [3.8, 4) is 0 Å². The first-order chi connectivity index (χ1) is 10.3. The first kappa shape index (κ1) is 17.1. The maximum atomic E-state index is 11.9. The Morgan fingerprint density at radius 1 is 1.41 bits per heavy atom. The number of imide groups is 1. The summed E-state index contributed by atoms with van der Waals surface area (Å²) in [5.74, 6) is -0.805. The number of amides is 3. The van der Waals surface area contributed by atoms with Gasteiger partial charge in [-0.2, -0.15) is 0 Å². The second-order valence-electron chi connectivity index (χ2n) is 4.55. The Morgan fingerprint density at radius 2 is 2.05 bits per heavy atom. The lowest BCUT2D eigenvalue weighted by molar-refractivity contribution is -0.773. The number of rotatable bonds is 4. The molecule has 2 rings (SSSR count). The van der Waals surface area contributed by atoms with E-state index in [0.717, 1.165) is 0 Å². The molecule has 0 spiro atoms. The fourth-order valence-corrected chi connectivity index (χ4v) is 2.82. The first-order valence-corrected chi connectivity index (χ1v) is 7.23. The van der Waals surface area contributed by atoms with E-state index in [0.29, 0.717) is 4.90 Å². The van der Waals surface area contributed by atoms with Crippen LogP contribution in [-0.4, -0.2) is 78.5 Å². The van der Waals surface area contributed by atoms with Crippen LogP contribution >= 0.6 is 22.6 Å². The second kappa shape index (κ2) is 6.45. The van der Waals surface area contributed by atoms with Crippen LogP contribution < -0.4 is 5.32 Å². The molecule has 22 heavy (non-hydrogen) atoms. The molecule has 0 radical (unpaired) electrons. The van der Waals surface area contributed by atoms with Crippen molar-refractivity contribution in [3.63, 3.8) is 0 Å². The van der Waals surface area contributed by atoms with Crippen molar-refractivity contribution in [1.82, 2.24) is 10.2 Å². The minimum Gasteiger partial charge on any atom is -0.394 e. The quantitative estimate of drug-likeness (QED) is 0.160. The van der Waals surface area contributed by atoms with Crippen molar-refractivity contribution in [2.75, 3.05) is 6.61 Å². The molecule has 0 aliphatic carbocycles. The van der Waals surface area contributed by atoms with Gasteiger partial charge in [0.25, 0.3) is 5.09 Å². The lowest BCUT2D eigenvalue weighted by Crippen LogP contribution is -2.66. The Balaban J connectivity index is 2.30. The number of hydrogen-bond acceptors (Lipinski definition) is 9. The molecule has 2 fully saturated rings. The zero-order chi connectivity index (χ0) is 16.6. The highest BCUT2D eigenvalue weighted by Crippen LogP contribution is 2.30. The maximum Gasteiger partial charge on any atom is 0.328 e. The van der Waals surface area contributed by atoms with E-state index in [1.165, 1.54) is 22.6 Å². The number of carbonyl (C=O) groups excluding carboxylic acids is 2. The Bertz CT molecular complexity index is 491. The molecule has 4 N–H and O–H groups in total. The number of halogens is 1. The average Bonchev–Trinajstić information content (AvgIpc) is 2.72. The molecule has 2 aliphatic heterocycles. The molecular formula is C9H12IN3O9. The summed E-state index contributed by atoms with van der Waals surface area (Å²) < 4.78 is 3.99. The summed E-state index contributed by atoms with van der Waals surface area (Å²) in [7, 11) is 0. The van der Waals surface area contributed by atoms with Crippen LogP contribution in [0.2, 0.25) is 0 Å². The molecule has 0 bridgehead atoms. The number of ether oxygens (including phenoxy) is 1. The van der Waals surface area contributed by atoms with Gasteiger partial charge in [0, 0.05) is 0 Å². The molecule has 0 aromatic heterocycles. The van der Waals surface area contributed by atoms with Gasteiger partial charge in [-0.05, 0) is 0 Å². The minimum absolute atomic E-state index is 0.616. The highest BCUT2D eigenvalue weighted by atomic mass is 127. The van der Waals surface area contributed by atoms with Crippen LogP contribution in [0.4, 0.5) is 4.79 Å². The molecule has 12 nitrogen and oxygen atoms in total. The number of urea groups is 1. The Morgan fingerprint density at radius 3 is 2.55 bits per heavy atom. The van der Waals surface area contributed by atoms with E-state index in [9.17, 15) is 29.9 Å². The van der Waals surface area contributed by atoms with E-state index in [-0.39, 0.29) is 0 Å². The monoisotopic (exact) mass is 433 g/mol. The van der Waals surface area contributed by atoms with Gasteiger partial charge in [0.1, 0.15) is 22.2 Å². The van der Waals surface area contributed by atoms with Crippen LogP contribution in [0.1, 0.15) is 0 Å². The largest absolute Gasteiger partial charge is 0.394 e. The van der Waals surface area contributed by atoms with Gasteiger partial charge in [-0.1, -0.05) is 22.6 Å². The molecule has 2 heterocycles. The molecule has 0 saturated carbocycles. The SMILES string of the molecule is O=C1NC(=O)N([C@@H]2O[C@H](CO)[C@@H](O)[C@H]2O)C(O[N+](=O)[O-])C1I. The van der Waals surface area contributed by atoms with Crippen LogP contribution in [0.5, 0.6) is 0 Å². The van der Waals surface area contributed by atoms with Gasteiger partial charge >= 0.3 is 6.03 Å². The smallest absolute Gasteiger partial charge is 0.328 e. The van der Waals surface area contributed by atoms with Crippen molar-refractivity contribution in [1.29, 1.82) is 0 Å². The lowest BCUT2D eigenvalue weighted by atomic mass is 10.1. The molecule has 124 valence electrons. The zero-order valence-corrected chi connectivity index (χ0v) is 12.9. The summed E-state index contributed by atoms with van der Waals surface area (Å²) in [6, 6.07) is -1.08. The van der Waals surface area contributed by atoms with Crippen LogP contribution in [0.15, 0.2) is 0 Å². The molecule has 13 heteroatoms. The Labute approximate surface area is 136 Å². The van der Waals surface area contributed by atoms with Gasteiger partial charge in [-0.3, -0.25) is 19.8 Å². The molecule has 2 unspecified atom stereocenters. The number of hydrogen-bond donors (Lipinski definition) is 4. The predicted octanol–water partition coefficient (Wildman–Crippen LogP) is -2.68. The van der Waals surface area contributed by atoms with Gasteiger partial charge in [-0.25, -0.2) is 4.79 Å². The number of aliphatic hydroxyl groups is 3. The van der Waals surface area contributed by atoms with Gasteiger partial charge in [0.05, 0.1) is 6.61 Å². The third kappa shape index (κ3) is 2.94. The van der Waals surface area contributed by atoms with Gasteiger partial charge < -0.3 is 20.1 Å². The van der Waals surface area contributed by atoms with Crippen molar-refractivity contribution in [3.05, 3.63) is 10.1 Å². The Kier molecular flexibility index (Phi) is 5.00. The number of alkyl halides is 1. The molecule has 2 saturated heterocycles. The van der Waals surface area contributed by atoms with Crippen molar-refractivity contribution in [2.45, 2.75) is 34.7 Å². The number of carbonyl (C=O) groups is 2. The predicted molar refractivity (Wildman–Crippen MR) is 72.8 cm³/mol. The summed E-state index contributed by atoms with van der Waals surface area (Å²) in [4.78, 5) is 39.0. The van der Waals surface area contributed by atoms with E-state index in [4.69, 9.17) is 9.84 Å². The highest BCUT2D eigenvalue weighted by Gasteiger charge is 2.53. The molecule has 0 aromatic rings. The first-order valence-electron chi connectivity index (χ1n) is 5.98. The van der Waals surface area contributed by atoms with Gasteiger partial charge in [-0.15, -0.1) is 10.1 Å². The summed E-state index contributed by atoms with van der Waals surface area (Å²) in [5.41, 5.74) is 0. The third-order valence-corrected chi connectivity index (χ3v) is 4.41. The lowest BCUT2D eigenvalue weighted by Gasteiger charge is -2.40. The van der Waals surface area contributed by atoms with Crippen LogP contribution in [0, 0.1) is 10.1 Å². The second-order valence-corrected chi connectivity index (χ2v) is 5.89. The summed E-state index contributed by atoms with van der Waals surface area (Å²) in [5, 5.41) is 40.0. The van der Waals surface area contributed by atoms with Crippen molar-refractivity contribution < 1.29 is 39.6 Å². The molecule has 2 aliphatic rings. The topological polar surface area (TPSA) is 172 Å². The average molecular weight is 433 g/mol. The normalized spacial score (nSPS) is 38.8. The summed E-state index contributed by atoms with van der Waals surface area (Å²) in [6.07, 6.45) is -7.51. The van der Waals surface area contributed by atoms with Gasteiger partial charge in [0.15, 0.2) is 6.23 Å². The van der Waals surface area contributed by atoms with Crippen molar-refractivity contribution in [2.24, 2.45) is 0 Å². The van der Waals surface area contributed by atoms with E-state index in [1.807, 2.05) is 5.32 Å². The minimum atomic E-state index is -1.65. The van der Waals surface area contributed by atoms with Crippen LogP contribution in [-0.2, 0) is 14.4 Å². The number of aliphatic hydroxyl groups excluding tert-OH is 3. The van der Waals surface area contributed by atoms with Crippen LogP contribution in [0.25, 0.3) is 0 Å². The zero-order valence-electron chi connectivity index (χ0n) is 10.7. The number of nitrogens with zero attached hydrogens (tertiary/aromatic N) is 2. The van der Waals surface area contributed by atoms with E-state index >= 15 is 0 Å². The Hall–Kier alpha value is -1.29. The molecule has 0 aromatic carbocycles. The standard InChI is InChI=1S/C9H12IN3O9/c10-3-6(17)11-9(18)12(7(3)22-13(19)20)8-5(16)4(15)2(1-14)21-8/h2-5,7-8,14-16H,1H2,(H,11,17,18)/t2-,3?,4-,5-,7?,8-/m1/s1. The molecule has 6 atom stereocenters. The fourth-order valence-electron chi connectivity index (χ4n) is 2.19. The summed E-state index contributed by atoms with van der Waals surface area (Å²) >= 11 is 1.53. The number of nitrogens with one attached hydrogen (secondary N) is 1. The highest BCUT2D eigenvalue weighted by molar-refractivity contribution is 14.1. The van der Waals surface area contributed by atoms with Gasteiger partial charge in [0.2, 0.25) is 12.1 Å². The maximum absolute atomic E-state index is 11.9. The molecule has 3 amide bonds. The fraction of sp³-hybridized carbons (Fsp3) is 0.778. The summed E-state index contributed by atoms with van der Waals surface area (Å²) in [6.45, 7) is -0.641. The third-order valence-electron chi connectivity index (χ3n) is 3.23. The van der Waals surface area contributed by atoms with Crippen molar-refractivity contribution >= 4 is 34.5 Å². The van der Waals surface area contributed by atoms with E-state index in [2.05, 4.69) is 4.84 Å².